The predicted molar refractivity (Wildman–Crippen MR) is 66.5 cm³/mol. The molecule has 1 saturated carbocycles. The number of amides is 1. The van der Waals surface area contributed by atoms with Gasteiger partial charge in [0.05, 0.1) is 5.92 Å². The van der Waals surface area contributed by atoms with Crippen molar-refractivity contribution in [1.29, 1.82) is 0 Å². The highest BCUT2D eigenvalue weighted by atomic mass is 32.2. The van der Waals surface area contributed by atoms with Crippen molar-refractivity contribution < 1.29 is 9.00 Å². The average molecular weight is 246 g/mol. The lowest BCUT2D eigenvalue weighted by Gasteiger charge is -2.19. The Hall–Kier alpha value is -0.420. The summed E-state index contributed by atoms with van der Waals surface area (Å²) in [6.45, 7) is 1.95. The highest BCUT2D eigenvalue weighted by Crippen LogP contribution is 2.24. The van der Waals surface area contributed by atoms with Crippen LogP contribution >= 0.6 is 0 Å². The van der Waals surface area contributed by atoms with Crippen molar-refractivity contribution in [2.75, 3.05) is 12.0 Å². The molecule has 1 aliphatic rings. The molecule has 0 aromatic carbocycles. The lowest BCUT2D eigenvalue weighted by atomic mass is 10.0. The Bertz CT molecular complexity index is 271. The van der Waals surface area contributed by atoms with Gasteiger partial charge in [0.15, 0.2) is 0 Å². The lowest BCUT2D eigenvalue weighted by Crippen LogP contribution is -2.42. The predicted octanol–water partition coefficient (Wildman–Crippen LogP) is 0.387. The van der Waals surface area contributed by atoms with Crippen molar-refractivity contribution in [2.45, 2.75) is 44.7 Å². The first-order valence-electron chi connectivity index (χ1n) is 5.86. The zero-order chi connectivity index (χ0) is 12.1. The van der Waals surface area contributed by atoms with Crippen LogP contribution < -0.4 is 11.1 Å². The third kappa shape index (κ3) is 4.22. The maximum Gasteiger partial charge on any atom is 0.224 e. The number of hydrogen-bond acceptors (Lipinski definition) is 3. The fourth-order valence-electron chi connectivity index (χ4n) is 2.08. The average Bonchev–Trinajstić information content (AvgIpc) is 2.61. The van der Waals surface area contributed by atoms with Gasteiger partial charge in [-0.15, -0.1) is 0 Å². The summed E-state index contributed by atoms with van der Waals surface area (Å²) in [7, 11) is -0.786. The van der Waals surface area contributed by atoms with Crippen LogP contribution in [-0.4, -0.2) is 34.2 Å². The van der Waals surface area contributed by atoms with E-state index in [1.807, 2.05) is 6.92 Å². The van der Waals surface area contributed by atoms with E-state index in [1.54, 1.807) is 6.26 Å². The van der Waals surface area contributed by atoms with Crippen LogP contribution in [0.5, 0.6) is 0 Å². The van der Waals surface area contributed by atoms with Crippen LogP contribution in [0.15, 0.2) is 0 Å². The summed E-state index contributed by atoms with van der Waals surface area (Å²) in [5.74, 6) is 0.687. The van der Waals surface area contributed by atoms with Gasteiger partial charge in [-0.1, -0.05) is 6.42 Å². The molecule has 1 rings (SSSR count). The Kier molecular flexibility index (Phi) is 5.41. The molecule has 0 aliphatic heterocycles. The molecule has 0 aromatic rings. The molecule has 1 amide bonds. The summed E-state index contributed by atoms with van der Waals surface area (Å²) in [4.78, 5) is 11.8. The van der Waals surface area contributed by atoms with Crippen molar-refractivity contribution in [3.63, 3.8) is 0 Å². The quantitative estimate of drug-likeness (QED) is 0.737. The molecule has 16 heavy (non-hydrogen) atoms. The fraction of sp³-hybridized carbons (Fsp3) is 0.909. The van der Waals surface area contributed by atoms with Crippen LogP contribution in [0.25, 0.3) is 0 Å². The number of hydrogen-bond donors (Lipinski definition) is 2. The normalized spacial score (nSPS) is 28.7. The minimum Gasteiger partial charge on any atom is -0.353 e. The van der Waals surface area contributed by atoms with Crippen molar-refractivity contribution in [1.82, 2.24) is 5.32 Å². The van der Waals surface area contributed by atoms with E-state index in [2.05, 4.69) is 5.32 Å². The number of carbonyl (C=O) groups excluding carboxylic acids is 1. The number of rotatable bonds is 5. The standard InChI is InChI=1S/C11H22N2O2S/c1-8(6-7-16(2)15)13-11(14)9-4-3-5-10(9)12/h8-10H,3-7,12H2,1-2H3,(H,13,14). The summed E-state index contributed by atoms with van der Waals surface area (Å²) in [6, 6.07) is 0.108. The molecule has 0 saturated heterocycles. The molecule has 0 spiro atoms. The summed E-state index contributed by atoms with van der Waals surface area (Å²) in [5, 5.41) is 2.95. The van der Waals surface area contributed by atoms with Crippen LogP contribution in [-0.2, 0) is 15.6 Å². The van der Waals surface area contributed by atoms with Gasteiger partial charge in [-0.05, 0) is 26.2 Å². The molecular weight excluding hydrogens is 224 g/mol. The SMILES string of the molecule is CC(CCS(C)=O)NC(=O)C1CCCC1N. The van der Waals surface area contributed by atoms with E-state index < -0.39 is 10.8 Å². The molecule has 4 nitrogen and oxygen atoms in total. The van der Waals surface area contributed by atoms with E-state index in [0.717, 1.165) is 25.7 Å². The van der Waals surface area contributed by atoms with Crippen LogP contribution in [0.2, 0.25) is 0 Å². The highest BCUT2D eigenvalue weighted by molar-refractivity contribution is 7.84. The number of nitrogens with two attached hydrogens (primary N) is 1. The Balaban J connectivity index is 2.30. The van der Waals surface area contributed by atoms with E-state index in [9.17, 15) is 9.00 Å². The molecule has 4 unspecified atom stereocenters. The van der Waals surface area contributed by atoms with Gasteiger partial charge in [0.25, 0.3) is 0 Å². The van der Waals surface area contributed by atoms with E-state index >= 15 is 0 Å². The maximum atomic E-state index is 11.8. The summed E-state index contributed by atoms with van der Waals surface area (Å²) in [5.41, 5.74) is 5.87. The second-order valence-electron chi connectivity index (χ2n) is 4.68. The first kappa shape index (κ1) is 13.6. The third-order valence-electron chi connectivity index (χ3n) is 3.13. The molecule has 0 radical (unpaired) electrons. The fourth-order valence-corrected chi connectivity index (χ4v) is 2.76. The topological polar surface area (TPSA) is 72.2 Å². The Labute approximate surface area is 99.8 Å². The highest BCUT2D eigenvalue weighted by Gasteiger charge is 2.30. The molecular formula is C11H22N2O2S. The van der Waals surface area contributed by atoms with Gasteiger partial charge < -0.3 is 11.1 Å². The summed E-state index contributed by atoms with van der Waals surface area (Å²) >= 11 is 0. The first-order chi connectivity index (χ1) is 7.50. The monoisotopic (exact) mass is 246 g/mol. The Morgan fingerprint density at radius 3 is 2.75 bits per heavy atom. The molecule has 1 aliphatic carbocycles. The second-order valence-corrected chi connectivity index (χ2v) is 6.23. The summed E-state index contributed by atoms with van der Waals surface area (Å²) < 4.78 is 10.9. The first-order valence-corrected chi connectivity index (χ1v) is 7.59. The van der Waals surface area contributed by atoms with Gasteiger partial charge >= 0.3 is 0 Å². The van der Waals surface area contributed by atoms with Crippen LogP contribution in [0, 0.1) is 5.92 Å². The van der Waals surface area contributed by atoms with Crippen LogP contribution in [0.1, 0.15) is 32.6 Å². The molecule has 4 atom stereocenters. The third-order valence-corrected chi connectivity index (χ3v) is 3.94. The minimum atomic E-state index is -0.786. The van der Waals surface area contributed by atoms with Crippen molar-refractivity contribution in [3.8, 4) is 0 Å². The van der Waals surface area contributed by atoms with Gasteiger partial charge in [-0.25, -0.2) is 0 Å². The molecule has 0 bridgehead atoms. The van der Waals surface area contributed by atoms with E-state index in [4.69, 9.17) is 5.73 Å². The van der Waals surface area contributed by atoms with Crippen molar-refractivity contribution in [2.24, 2.45) is 11.7 Å². The van der Waals surface area contributed by atoms with Crippen molar-refractivity contribution in [3.05, 3.63) is 0 Å². The number of nitrogens with one attached hydrogen (secondary N) is 1. The molecule has 3 N–H and O–H groups in total. The zero-order valence-corrected chi connectivity index (χ0v) is 10.9. The number of carbonyl (C=O) groups is 1. The molecule has 0 aromatic heterocycles. The molecule has 1 fully saturated rings. The molecule has 5 heteroatoms. The van der Waals surface area contributed by atoms with E-state index in [1.165, 1.54) is 0 Å². The van der Waals surface area contributed by atoms with E-state index in [0.29, 0.717) is 5.75 Å². The van der Waals surface area contributed by atoms with Gasteiger partial charge in [-0.3, -0.25) is 9.00 Å². The van der Waals surface area contributed by atoms with Crippen LogP contribution in [0.4, 0.5) is 0 Å². The summed E-state index contributed by atoms with van der Waals surface area (Å²) in [6.07, 6.45) is 5.34. The Morgan fingerprint density at radius 2 is 2.25 bits per heavy atom. The molecule has 94 valence electrons. The van der Waals surface area contributed by atoms with E-state index in [-0.39, 0.29) is 23.9 Å². The zero-order valence-electron chi connectivity index (χ0n) is 10.1. The molecule has 0 heterocycles. The van der Waals surface area contributed by atoms with Gasteiger partial charge in [-0.2, -0.15) is 0 Å². The van der Waals surface area contributed by atoms with Crippen LogP contribution in [0.3, 0.4) is 0 Å². The largest absolute Gasteiger partial charge is 0.353 e. The van der Waals surface area contributed by atoms with Crippen molar-refractivity contribution >= 4 is 16.7 Å². The van der Waals surface area contributed by atoms with Gasteiger partial charge in [0.2, 0.25) is 5.91 Å². The van der Waals surface area contributed by atoms with Gasteiger partial charge in [0, 0.05) is 34.9 Å². The maximum absolute atomic E-state index is 11.8. The second kappa shape index (κ2) is 6.35. The smallest absolute Gasteiger partial charge is 0.224 e. The Morgan fingerprint density at radius 1 is 1.56 bits per heavy atom. The minimum absolute atomic E-state index is 0.0189. The van der Waals surface area contributed by atoms with Gasteiger partial charge in [0.1, 0.15) is 0 Å². The lowest BCUT2D eigenvalue weighted by molar-refractivity contribution is -0.125.